The van der Waals surface area contributed by atoms with E-state index in [2.05, 4.69) is 15.0 Å². The maximum atomic E-state index is 11.3. The summed E-state index contributed by atoms with van der Waals surface area (Å²) in [5, 5.41) is 10.4. The molecule has 0 unspecified atom stereocenters. The Hall–Kier alpha value is -2.79. The Morgan fingerprint density at radius 2 is 2.15 bits per heavy atom. The zero-order valence-corrected chi connectivity index (χ0v) is 14.2. The van der Waals surface area contributed by atoms with Crippen LogP contribution in [0.25, 0.3) is 11.2 Å². The van der Waals surface area contributed by atoms with Gasteiger partial charge in [0.1, 0.15) is 30.8 Å². The fraction of sp³-hybridized carbons (Fsp3) is 0.533. The van der Waals surface area contributed by atoms with Crippen molar-refractivity contribution in [2.24, 2.45) is 0 Å². The van der Waals surface area contributed by atoms with Gasteiger partial charge in [0.05, 0.1) is 12.4 Å². The van der Waals surface area contributed by atoms with Gasteiger partial charge in [0, 0.05) is 20.3 Å². The summed E-state index contributed by atoms with van der Waals surface area (Å²) in [4.78, 5) is 34.6. The third-order valence-corrected chi connectivity index (χ3v) is 3.97. The molecule has 0 spiro atoms. The second-order valence-corrected chi connectivity index (χ2v) is 5.89. The Labute approximate surface area is 148 Å². The monoisotopic (exact) mass is 365 g/mol. The van der Waals surface area contributed by atoms with Gasteiger partial charge in [-0.25, -0.2) is 15.0 Å². The van der Waals surface area contributed by atoms with Gasteiger partial charge in [0.15, 0.2) is 17.6 Å². The first kappa shape index (κ1) is 18.0. The standard InChI is InChI=1S/C15H19N5O6/c1-7(21)24-4-10(25-8(2)22)13-9(23)3-11(26-13)20-6-19-12-14(16)17-5-18-15(12)20/h5-6,9-11,13,23H,3-4H2,1-2H3,(H2,16,17,18)/t9-,10-,11-,13+/m1/s1. The molecule has 0 radical (unpaired) electrons. The first-order chi connectivity index (χ1) is 12.4. The molecule has 0 amide bonds. The number of carbonyl (C=O) groups excluding carboxylic acids is 2. The SMILES string of the molecule is CC(=O)OC[C@@H](OC(C)=O)[C@H]1O[C@@H](n2cnc3c(N)ncnc32)C[C@H]1O. The van der Waals surface area contributed by atoms with Crippen LogP contribution in [0.15, 0.2) is 12.7 Å². The topological polar surface area (TPSA) is 152 Å². The van der Waals surface area contributed by atoms with Crippen LogP contribution in [0.2, 0.25) is 0 Å². The summed E-state index contributed by atoms with van der Waals surface area (Å²) in [5.41, 5.74) is 6.65. The lowest BCUT2D eigenvalue weighted by Gasteiger charge is -2.24. The number of nitrogens with two attached hydrogens (primary N) is 1. The molecule has 0 saturated carbocycles. The van der Waals surface area contributed by atoms with Gasteiger partial charge in [-0.2, -0.15) is 0 Å². The molecule has 0 bridgehead atoms. The fourth-order valence-corrected chi connectivity index (χ4v) is 2.87. The number of hydrogen-bond donors (Lipinski definition) is 2. The van der Waals surface area contributed by atoms with Crippen LogP contribution >= 0.6 is 0 Å². The fourth-order valence-electron chi connectivity index (χ4n) is 2.87. The molecule has 26 heavy (non-hydrogen) atoms. The van der Waals surface area contributed by atoms with E-state index in [0.717, 1.165) is 0 Å². The number of rotatable bonds is 5. The van der Waals surface area contributed by atoms with E-state index in [4.69, 9.17) is 19.9 Å². The second-order valence-electron chi connectivity index (χ2n) is 5.89. The number of carbonyl (C=O) groups is 2. The van der Waals surface area contributed by atoms with Crippen molar-refractivity contribution in [3.8, 4) is 0 Å². The maximum absolute atomic E-state index is 11.3. The number of aromatic nitrogens is 4. The van der Waals surface area contributed by atoms with E-state index >= 15 is 0 Å². The smallest absolute Gasteiger partial charge is 0.303 e. The van der Waals surface area contributed by atoms with Crippen molar-refractivity contribution < 1.29 is 28.9 Å². The van der Waals surface area contributed by atoms with Gasteiger partial charge in [-0.1, -0.05) is 0 Å². The van der Waals surface area contributed by atoms with E-state index in [0.29, 0.717) is 11.2 Å². The Balaban J connectivity index is 1.81. The van der Waals surface area contributed by atoms with Crippen LogP contribution in [-0.4, -0.2) is 61.5 Å². The minimum atomic E-state index is -0.948. The minimum Gasteiger partial charge on any atom is -0.462 e. The average Bonchev–Trinajstić information content (AvgIpc) is 3.15. The molecule has 3 rings (SSSR count). The first-order valence-electron chi connectivity index (χ1n) is 7.94. The summed E-state index contributed by atoms with van der Waals surface area (Å²) in [6.07, 6.45) is -0.367. The molecule has 11 nitrogen and oxygen atoms in total. The summed E-state index contributed by atoms with van der Waals surface area (Å²) in [5.74, 6) is -0.870. The van der Waals surface area contributed by atoms with Crippen LogP contribution in [0.1, 0.15) is 26.5 Å². The molecule has 3 N–H and O–H groups in total. The number of aliphatic hydroxyl groups excluding tert-OH is 1. The highest BCUT2D eigenvalue weighted by Crippen LogP contribution is 2.33. The first-order valence-corrected chi connectivity index (χ1v) is 7.94. The number of imidazole rings is 1. The van der Waals surface area contributed by atoms with Crippen LogP contribution < -0.4 is 5.73 Å². The van der Waals surface area contributed by atoms with E-state index in [-0.39, 0.29) is 18.8 Å². The molecule has 2 aromatic heterocycles. The van der Waals surface area contributed by atoms with Crippen LogP contribution in [0, 0.1) is 0 Å². The average molecular weight is 365 g/mol. The Morgan fingerprint density at radius 3 is 2.85 bits per heavy atom. The summed E-state index contributed by atoms with van der Waals surface area (Å²) < 4.78 is 17.6. The number of ether oxygens (including phenoxy) is 3. The van der Waals surface area contributed by atoms with Gasteiger partial charge in [-0.05, 0) is 0 Å². The molecule has 4 atom stereocenters. The molecule has 1 aliphatic rings. The predicted octanol–water partition coefficient (Wildman–Crippen LogP) is -0.448. The lowest BCUT2D eigenvalue weighted by molar-refractivity contribution is -0.171. The number of hydrogen-bond acceptors (Lipinski definition) is 10. The van der Waals surface area contributed by atoms with Crippen molar-refractivity contribution in [1.29, 1.82) is 0 Å². The summed E-state index contributed by atoms with van der Waals surface area (Å²) in [6.45, 7) is 2.24. The largest absolute Gasteiger partial charge is 0.462 e. The highest BCUT2D eigenvalue weighted by molar-refractivity contribution is 5.81. The molecule has 1 saturated heterocycles. The second kappa shape index (κ2) is 7.22. The highest BCUT2D eigenvalue weighted by Gasteiger charge is 2.42. The number of nitrogens with zero attached hydrogens (tertiary/aromatic N) is 4. The molecule has 1 aliphatic heterocycles. The summed E-state index contributed by atoms with van der Waals surface area (Å²) in [7, 11) is 0. The summed E-state index contributed by atoms with van der Waals surface area (Å²) in [6, 6.07) is 0. The number of anilines is 1. The van der Waals surface area contributed by atoms with Gasteiger partial charge in [0.25, 0.3) is 0 Å². The molecular formula is C15H19N5O6. The summed E-state index contributed by atoms with van der Waals surface area (Å²) >= 11 is 0. The zero-order chi connectivity index (χ0) is 18.8. The Kier molecular flexibility index (Phi) is 5.00. The van der Waals surface area contributed by atoms with Gasteiger partial charge < -0.3 is 25.1 Å². The van der Waals surface area contributed by atoms with E-state index < -0.39 is 36.5 Å². The van der Waals surface area contributed by atoms with Crippen LogP contribution in [0.4, 0.5) is 5.82 Å². The van der Waals surface area contributed by atoms with E-state index in [1.165, 1.54) is 26.5 Å². The van der Waals surface area contributed by atoms with E-state index in [1.807, 2.05) is 0 Å². The molecule has 140 valence electrons. The quantitative estimate of drug-likeness (QED) is 0.666. The van der Waals surface area contributed by atoms with Crippen molar-refractivity contribution in [3.05, 3.63) is 12.7 Å². The van der Waals surface area contributed by atoms with E-state index in [9.17, 15) is 14.7 Å². The number of nitrogen functional groups attached to an aromatic ring is 1. The van der Waals surface area contributed by atoms with Gasteiger partial charge >= 0.3 is 11.9 Å². The third-order valence-electron chi connectivity index (χ3n) is 3.97. The molecule has 3 heterocycles. The minimum absolute atomic E-state index is 0.206. The molecule has 0 aromatic carbocycles. The molecule has 0 aliphatic carbocycles. The molecule has 2 aromatic rings. The molecular weight excluding hydrogens is 346 g/mol. The predicted molar refractivity (Wildman–Crippen MR) is 86.5 cm³/mol. The third kappa shape index (κ3) is 3.58. The van der Waals surface area contributed by atoms with Crippen molar-refractivity contribution in [2.75, 3.05) is 12.3 Å². The Bertz CT molecular complexity index is 824. The number of esters is 2. The van der Waals surface area contributed by atoms with Crippen LogP contribution in [0.5, 0.6) is 0 Å². The zero-order valence-electron chi connectivity index (χ0n) is 14.2. The van der Waals surface area contributed by atoms with Crippen molar-refractivity contribution in [2.45, 2.75) is 44.8 Å². The Morgan fingerprint density at radius 1 is 1.38 bits per heavy atom. The van der Waals surface area contributed by atoms with Crippen molar-refractivity contribution in [3.63, 3.8) is 0 Å². The molecule has 11 heteroatoms. The maximum Gasteiger partial charge on any atom is 0.303 e. The van der Waals surface area contributed by atoms with E-state index in [1.54, 1.807) is 4.57 Å². The lowest BCUT2D eigenvalue weighted by atomic mass is 10.1. The van der Waals surface area contributed by atoms with Gasteiger partial charge in [-0.15, -0.1) is 0 Å². The lowest BCUT2D eigenvalue weighted by Crippen LogP contribution is -2.41. The van der Waals surface area contributed by atoms with Crippen LogP contribution in [-0.2, 0) is 23.8 Å². The van der Waals surface area contributed by atoms with Crippen LogP contribution in [0.3, 0.4) is 0 Å². The number of aliphatic hydroxyl groups is 1. The van der Waals surface area contributed by atoms with Crippen molar-refractivity contribution >= 4 is 28.9 Å². The van der Waals surface area contributed by atoms with Gasteiger partial charge in [-0.3, -0.25) is 14.2 Å². The number of fused-ring (bicyclic) bond motifs is 1. The molecule has 1 fully saturated rings. The normalized spacial score (nSPS) is 23.7. The highest BCUT2D eigenvalue weighted by atomic mass is 16.6. The van der Waals surface area contributed by atoms with Crippen molar-refractivity contribution in [1.82, 2.24) is 19.5 Å². The van der Waals surface area contributed by atoms with Gasteiger partial charge in [0.2, 0.25) is 0 Å².